The molecule has 2 heterocycles. The first-order valence-electron chi connectivity index (χ1n) is 6.48. The van der Waals surface area contributed by atoms with Crippen molar-refractivity contribution < 1.29 is 0 Å². The Labute approximate surface area is 112 Å². The summed E-state index contributed by atoms with van der Waals surface area (Å²) < 4.78 is 2.04. The van der Waals surface area contributed by atoms with Crippen LogP contribution in [0.1, 0.15) is 32.0 Å². The van der Waals surface area contributed by atoms with Crippen molar-refractivity contribution in [2.45, 2.75) is 39.3 Å². The van der Waals surface area contributed by atoms with Crippen LogP contribution in [0.2, 0.25) is 0 Å². The molecule has 0 aromatic carbocycles. The molecule has 1 aliphatic heterocycles. The maximum atomic E-state index is 4.37. The van der Waals surface area contributed by atoms with Crippen LogP contribution in [-0.2, 0) is 13.1 Å². The summed E-state index contributed by atoms with van der Waals surface area (Å²) in [5, 5.41) is 5.42. The number of piperidine rings is 1. The molecule has 2 rings (SSSR count). The number of nitrogens with zero attached hydrogens (tertiary/aromatic N) is 4. The Morgan fingerprint density at radius 2 is 2.18 bits per heavy atom. The lowest BCUT2D eigenvalue weighted by Gasteiger charge is -2.30. The molecule has 1 saturated heterocycles. The maximum Gasteiger partial charge on any atom is 0.141 e. The fourth-order valence-corrected chi connectivity index (χ4v) is 2.96. The van der Waals surface area contributed by atoms with Gasteiger partial charge in [0.25, 0.3) is 0 Å². The van der Waals surface area contributed by atoms with Gasteiger partial charge in [-0.15, -0.1) is 0 Å². The molecule has 4 nitrogen and oxygen atoms in total. The lowest BCUT2D eigenvalue weighted by Crippen LogP contribution is -2.34. The number of likely N-dealkylation sites (tertiary alicyclic amines) is 1. The Bertz CT molecular complexity index is 331. The predicted molar refractivity (Wildman–Crippen MR) is 72.1 cm³/mol. The molecule has 0 aliphatic carbocycles. The summed E-state index contributed by atoms with van der Waals surface area (Å²) in [6.07, 6.45) is 5.39. The molecule has 0 N–H and O–H groups in total. The number of aromatic nitrogens is 3. The van der Waals surface area contributed by atoms with Crippen LogP contribution in [0.3, 0.4) is 0 Å². The van der Waals surface area contributed by atoms with E-state index in [2.05, 4.69) is 37.8 Å². The lowest BCUT2D eigenvalue weighted by molar-refractivity contribution is 0.181. The maximum absolute atomic E-state index is 4.37. The second kappa shape index (κ2) is 6.50. The summed E-state index contributed by atoms with van der Waals surface area (Å²) >= 11 is 3.58. The zero-order valence-corrected chi connectivity index (χ0v) is 12.1. The summed E-state index contributed by atoms with van der Waals surface area (Å²) in [5.41, 5.74) is 0. The first-order valence-corrected chi connectivity index (χ1v) is 7.60. The molecule has 1 fully saturated rings. The quantitative estimate of drug-likeness (QED) is 0.783. The average molecular weight is 301 g/mol. The van der Waals surface area contributed by atoms with Crippen LogP contribution in [-0.4, -0.2) is 38.1 Å². The number of alkyl halides is 1. The Morgan fingerprint density at radius 1 is 1.41 bits per heavy atom. The van der Waals surface area contributed by atoms with Gasteiger partial charge >= 0.3 is 0 Å². The van der Waals surface area contributed by atoms with Crippen LogP contribution >= 0.6 is 15.9 Å². The third-order valence-corrected chi connectivity index (χ3v) is 4.34. The number of hydrogen-bond donors (Lipinski definition) is 0. The highest BCUT2D eigenvalue weighted by atomic mass is 79.9. The van der Waals surface area contributed by atoms with Crippen LogP contribution in [0, 0.1) is 5.92 Å². The van der Waals surface area contributed by atoms with E-state index in [0.717, 1.165) is 36.6 Å². The molecule has 17 heavy (non-hydrogen) atoms. The topological polar surface area (TPSA) is 34.0 Å². The van der Waals surface area contributed by atoms with Gasteiger partial charge in [0.1, 0.15) is 12.2 Å². The van der Waals surface area contributed by atoms with E-state index >= 15 is 0 Å². The van der Waals surface area contributed by atoms with Gasteiger partial charge in [-0.1, -0.05) is 22.9 Å². The van der Waals surface area contributed by atoms with Crippen LogP contribution in [0.4, 0.5) is 0 Å². The molecule has 0 unspecified atom stereocenters. The van der Waals surface area contributed by atoms with Crippen LogP contribution < -0.4 is 0 Å². The standard InChI is InChI=1S/C12H21BrN4/c1-2-5-17-12(14-10-15-17)9-16-6-3-11(8-13)4-7-16/h10-11H,2-9H2,1H3. The molecule has 0 spiro atoms. The molecule has 0 atom stereocenters. The number of aryl methyl sites for hydroxylation is 1. The van der Waals surface area contributed by atoms with E-state index < -0.39 is 0 Å². The SMILES string of the molecule is CCCn1ncnc1CN1CCC(CBr)CC1. The minimum atomic E-state index is 0.861. The molecular formula is C12H21BrN4. The van der Waals surface area contributed by atoms with Gasteiger partial charge in [-0.05, 0) is 38.3 Å². The van der Waals surface area contributed by atoms with Crippen LogP contribution in [0.5, 0.6) is 0 Å². The highest BCUT2D eigenvalue weighted by Gasteiger charge is 2.19. The number of hydrogen-bond acceptors (Lipinski definition) is 3. The third-order valence-electron chi connectivity index (χ3n) is 3.42. The van der Waals surface area contributed by atoms with Gasteiger partial charge in [0.2, 0.25) is 0 Å². The van der Waals surface area contributed by atoms with Crippen molar-refractivity contribution in [3.63, 3.8) is 0 Å². The summed E-state index contributed by atoms with van der Waals surface area (Å²) in [7, 11) is 0. The average Bonchev–Trinajstić information content (AvgIpc) is 2.78. The van der Waals surface area contributed by atoms with Gasteiger partial charge in [0, 0.05) is 11.9 Å². The van der Waals surface area contributed by atoms with E-state index in [0.29, 0.717) is 0 Å². The van der Waals surface area contributed by atoms with Crippen molar-refractivity contribution in [1.82, 2.24) is 19.7 Å². The van der Waals surface area contributed by atoms with Crippen molar-refractivity contribution in [3.05, 3.63) is 12.2 Å². The van der Waals surface area contributed by atoms with E-state index in [4.69, 9.17) is 0 Å². The van der Waals surface area contributed by atoms with Crippen molar-refractivity contribution >= 4 is 15.9 Å². The van der Waals surface area contributed by atoms with E-state index in [9.17, 15) is 0 Å². The molecule has 0 radical (unpaired) electrons. The second-order valence-corrected chi connectivity index (χ2v) is 5.42. The highest BCUT2D eigenvalue weighted by Crippen LogP contribution is 2.20. The molecule has 1 aliphatic rings. The fourth-order valence-electron chi connectivity index (χ4n) is 2.31. The molecule has 0 amide bonds. The summed E-state index contributed by atoms with van der Waals surface area (Å²) in [4.78, 5) is 6.86. The third kappa shape index (κ3) is 3.52. The van der Waals surface area contributed by atoms with Gasteiger partial charge in [-0.3, -0.25) is 4.90 Å². The molecule has 0 bridgehead atoms. The van der Waals surface area contributed by atoms with Gasteiger partial charge in [0.15, 0.2) is 0 Å². The van der Waals surface area contributed by atoms with Crippen molar-refractivity contribution in [3.8, 4) is 0 Å². The van der Waals surface area contributed by atoms with Crippen LogP contribution in [0.25, 0.3) is 0 Å². The van der Waals surface area contributed by atoms with E-state index in [1.807, 2.05) is 4.68 Å². The molecule has 5 heteroatoms. The van der Waals surface area contributed by atoms with E-state index in [1.54, 1.807) is 6.33 Å². The van der Waals surface area contributed by atoms with Gasteiger partial charge in [0.05, 0.1) is 6.54 Å². The number of rotatable bonds is 5. The largest absolute Gasteiger partial charge is 0.296 e. The zero-order chi connectivity index (χ0) is 12.1. The first-order chi connectivity index (χ1) is 8.33. The molecule has 96 valence electrons. The van der Waals surface area contributed by atoms with Gasteiger partial charge < -0.3 is 0 Å². The zero-order valence-electron chi connectivity index (χ0n) is 10.5. The summed E-state index contributed by atoms with van der Waals surface area (Å²) in [5.74, 6) is 1.98. The second-order valence-electron chi connectivity index (χ2n) is 4.77. The van der Waals surface area contributed by atoms with Gasteiger partial charge in [-0.25, -0.2) is 9.67 Å². The van der Waals surface area contributed by atoms with Crippen LogP contribution in [0.15, 0.2) is 6.33 Å². The van der Waals surface area contributed by atoms with E-state index in [1.165, 1.54) is 25.9 Å². The smallest absolute Gasteiger partial charge is 0.141 e. The van der Waals surface area contributed by atoms with Gasteiger partial charge in [-0.2, -0.15) is 5.10 Å². The Kier molecular flexibility index (Phi) is 4.98. The minimum Gasteiger partial charge on any atom is -0.296 e. The first kappa shape index (κ1) is 13.0. The monoisotopic (exact) mass is 300 g/mol. The molecule has 1 aromatic rings. The van der Waals surface area contributed by atoms with Crippen molar-refractivity contribution in [1.29, 1.82) is 0 Å². The van der Waals surface area contributed by atoms with E-state index in [-0.39, 0.29) is 0 Å². The summed E-state index contributed by atoms with van der Waals surface area (Å²) in [6, 6.07) is 0. The van der Waals surface area contributed by atoms with Crippen molar-refractivity contribution in [2.75, 3.05) is 18.4 Å². The summed E-state index contributed by atoms with van der Waals surface area (Å²) in [6.45, 7) is 6.49. The molecule has 1 aromatic heterocycles. The normalized spacial score (nSPS) is 18.7. The number of halogens is 1. The Morgan fingerprint density at radius 3 is 2.82 bits per heavy atom. The minimum absolute atomic E-state index is 0.861. The lowest BCUT2D eigenvalue weighted by atomic mass is 9.99. The predicted octanol–water partition coefficient (Wildman–Crippen LogP) is 2.30. The Balaban J connectivity index is 1.86. The molecular weight excluding hydrogens is 280 g/mol. The molecule has 0 saturated carbocycles. The fraction of sp³-hybridized carbons (Fsp3) is 0.833. The van der Waals surface area contributed by atoms with Crippen molar-refractivity contribution in [2.24, 2.45) is 5.92 Å². The highest BCUT2D eigenvalue weighted by molar-refractivity contribution is 9.09. The Hall–Kier alpha value is -0.420.